The normalized spacial score (nSPS) is 11.9. The van der Waals surface area contributed by atoms with Crippen LogP contribution in [-0.4, -0.2) is 41.9 Å². The number of nitrogens with one attached hydrogen (secondary N) is 1. The Balaban J connectivity index is 2.00. The number of para-hydroxylation sites is 1. The Kier molecular flexibility index (Phi) is 7.56. The van der Waals surface area contributed by atoms with Crippen LogP contribution >= 0.6 is 11.6 Å². The molecule has 0 aliphatic heterocycles. The Morgan fingerprint density at radius 2 is 1.88 bits per heavy atom. The molecule has 176 valence electrons. The van der Waals surface area contributed by atoms with Gasteiger partial charge in [0.25, 0.3) is 11.8 Å². The highest BCUT2D eigenvalue weighted by Crippen LogP contribution is 2.32. The van der Waals surface area contributed by atoms with Crippen LogP contribution in [0.5, 0.6) is 0 Å². The van der Waals surface area contributed by atoms with Crippen molar-refractivity contribution in [3.63, 3.8) is 0 Å². The molecule has 0 atom stereocenters. The largest absolute Gasteiger partial charge is 0.334 e. The molecule has 1 N–H and O–H groups in total. The molecular formula is C23H27ClN4O4S. The summed E-state index contributed by atoms with van der Waals surface area (Å²) < 4.78 is 32.6. The van der Waals surface area contributed by atoms with E-state index in [1.807, 2.05) is 32.9 Å². The molecule has 1 aromatic heterocycles. The van der Waals surface area contributed by atoms with E-state index in [4.69, 9.17) is 16.1 Å². The first kappa shape index (κ1) is 24.9. The molecule has 0 spiro atoms. The molecule has 3 aromatic rings. The maximum atomic E-state index is 13.2. The molecule has 0 aliphatic rings. The smallest absolute Gasteiger partial charge is 0.260 e. The van der Waals surface area contributed by atoms with E-state index in [0.29, 0.717) is 30.2 Å². The number of aromatic nitrogens is 2. The van der Waals surface area contributed by atoms with E-state index in [9.17, 15) is 13.2 Å². The number of carbonyl (C=O) groups excluding carboxylic acids is 1. The summed E-state index contributed by atoms with van der Waals surface area (Å²) in [5, 5.41) is 6.98. The number of nitrogens with zero attached hydrogens (tertiary/aromatic N) is 3. The molecule has 0 aliphatic carbocycles. The Hall–Kier alpha value is -2.75. The van der Waals surface area contributed by atoms with Gasteiger partial charge in [-0.15, -0.1) is 0 Å². The summed E-state index contributed by atoms with van der Waals surface area (Å²) in [5.41, 5.74) is 1.86. The number of anilines is 1. The highest BCUT2D eigenvalue weighted by molar-refractivity contribution is 7.89. The third-order valence-corrected chi connectivity index (χ3v) is 7.60. The van der Waals surface area contributed by atoms with Crippen LogP contribution in [0.15, 0.2) is 45.8 Å². The number of amides is 1. The van der Waals surface area contributed by atoms with E-state index in [1.165, 1.54) is 22.5 Å². The van der Waals surface area contributed by atoms with E-state index < -0.39 is 15.9 Å². The van der Waals surface area contributed by atoms with Crippen molar-refractivity contribution in [1.29, 1.82) is 0 Å². The number of sulfonamides is 1. The van der Waals surface area contributed by atoms with Crippen LogP contribution in [0, 0.1) is 6.92 Å². The van der Waals surface area contributed by atoms with Crippen molar-refractivity contribution in [2.75, 3.05) is 18.4 Å². The quantitative estimate of drug-likeness (QED) is 0.470. The summed E-state index contributed by atoms with van der Waals surface area (Å²) in [7, 11) is -3.75. The van der Waals surface area contributed by atoms with Crippen LogP contribution in [0.3, 0.4) is 0 Å². The van der Waals surface area contributed by atoms with Gasteiger partial charge >= 0.3 is 0 Å². The van der Waals surface area contributed by atoms with Crippen LogP contribution in [-0.2, 0) is 10.0 Å². The van der Waals surface area contributed by atoms with Gasteiger partial charge in [0.05, 0.1) is 26.7 Å². The number of aryl methyl sites for hydroxylation is 1. The number of halogens is 1. The molecule has 0 fully saturated rings. The van der Waals surface area contributed by atoms with Crippen LogP contribution in [0.1, 0.15) is 55.4 Å². The Bertz CT molecular complexity index is 1270. The second-order valence-corrected chi connectivity index (χ2v) is 10.1. The Morgan fingerprint density at radius 1 is 1.18 bits per heavy atom. The number of benzene rings is 2. The standard InChI is InChI=1S/C23H27ClN4O4S/c1-6-28(7-2)33(30,31)16-11-12-19(24)18(13-16)22(29)25-20-15(5)9-8-10-17(20)23-26-21(14(3)4)27-32-23/h8-14H,6-7H2,1-5H3,(H,25,29). The third-order valence-electron chi connectivity index (χ3n) is 5.23. The van der Waals surface area contributed by atoms with Gasteiger partial charge in [-0.2, -0.15) is 9.29 Å². The van der Waals surface area contributed by atoms with E-state index in [2.05, 4.69) is 15.5 Å². The molecule has 0 unspecified atom stereocenters. The first-order chi connectivity index (χ1) is 15.6. The second kappa shape index (κ2) is 10.0. The van der Waals surface area contributed by atoms with Gasteiger partial charge in [-0.1, -0.05) is 56.6 Å². The molecule has 10 heteroatoms. The van der Waals surface area contributed by atoms with Gasteiger partial charge < -0.3 is 9.84 Å². The molecule has 0 bridgehead atoms. The summed E-state index contributed by atoms with van der Waals surface area (Å²) in [4.78, 5) is 17.6. The first-order valence-electron chi connectivity index (χ1n) is 10.6. The zero-order valence-corrected chi connectivity index (χ0v) is 20.8. The molecule has 3 rings (SSSR count). The van der Waals surface area contributed by atoms with Crippen molar-refractivity contribution >= 4 is 33.2 Å². The lowest BCUT2D eigenvalue weighted by Crippen LogP contribution is -2.30. The van der Waals surface area contributed by atoms with Crippen LogP contribution in [0.4, 0.5) is 5.69 Å². The average molecular weight is 491 g/mol. The topological polar surface area (TPSA) is 105 Å². The molecular weight excluding hydrogens is 464 g/mol. The molecule has 1 amide bonds. The van der Waals surface area contributed by atoms with Crippen molar-refractivity contribution in [2.24, 2.45) is 0 Å². The van der Waals surface area contributed by atoms with Crippen molar-refractivity contribution < 1.29 is 17.7 Å². The molecule has 0 radical (unpaired) electrons. The van der Waals surface area contributed by atoms with Gasteiger partial charge in [-0.25, -0.2) is 8.42 Å². The lowest BCUT2D eigenvalue weighted by molar-refractivity contribution is 0.102. The summed E-state index contributed by atoms with van der Waals surface area (Å²) in [6.07, 6.45) is 0. The maximum Gasteiger partial charge on any atom is 0.260 e. The number of rotatable bonds is 8. The highest BCUT2D eigenvalue weighted by atomic mass is 35.5. The summed E-state index contributed by atoms with van der Waals surface area (Å²) in [6.45, 7) is 9.89. The predicted molar refractivity (Wildman–Crippen MR) is 128 cm³/mol. The van der Waals surface area contributed by atoms with Crippen molar-refractivity contribution in [3.8, 4) is 11.5 Å². The summed E-state index contributed by atoms with van der Waals surface area (Å²) >= 11 is 6.28. The lowest BCUT2D eigenvalue weighted by atomic mass is 10.1. The minimum Gasteiger partial charge on any atom is -0.334 e. The van der Waals surface area contributed by atoms with Crippen LogP contribution < -0.4 is 5.32 Å². The lowest BCUT2D eigenvalue weighted by Gasteiger charge is -2.19. The average Bonchev–Trinajstić information content (AvgIpc) is 3.26. The first-order valence-corrected chi connectivity index (χ1v) is 12.5. The molecule has 33 heavy (non-hydrogen) atoms. The van der Waals surface area contributed by atoms with Gasteiger partial charge in [0.2, 0.25) is 10.0 Å². The second-order valence-electron chi connectivity index (χ2n) is 7.80. The molecule has 1 heterocycles. The molecule has 0 saturated carbocycles. The fourth-order valence-corrected chi connectivity index (χ4v) is 5.01. The third kappa shape index (κ3) is 5.10. The van der Waals surface area contributed by atoms with Crippen molar-refractivity contribution in [1.82, 2.24) is 14.4 Å². The van der Waals surface area contributed by atoms with E-state index in [0.717, 1.165) is 5.56 Å². The molecule has 0 saturated heterocycles. The molecule has 2 aromatic carbocycles. The van der Waals surface area contributed by atoms with Gasteiger partial charge in [-0.3, -0.25) is 4.79 Å². The summed E-state index contributed by atoms with van der Waals surface area (Å²) in [5.74, 6) is 0.373. The summed E-state index contributed by atoms with van der Waals surface area (Å²) in [6, 6.07) is 9.54. The Labute approximate surface area is 199 Å². The number of carbonyl (C=O) groups is 1. The minimum absolute atomic E-state index is 0.00392. The monoisotopic (exact) mass is 490 g/mol. The molecule has 8 nitrogen and oxygen atoms in total. The van der Waals surface area contributed by atoms with Gasteiger partial charge in [0, 0.05) is 19.0 Å². The van der Waals surface area contributed by atoms with Crippen molar-refractivity contribution in [2.45, 2.75) is 45.4 Å². The predicted octanol–water partition coefficient (Wildman–Crippen LogP) is 5.10. The van der Waals surface area contributed by atoms with E-state index in [1.54, 1.807) is 19.9 Å². The maximum absolute atomic E-state index is 13.2. The zero-order valence-electron chi connectivity index (χ0n) is 19.2. The van der Waals surface area contributed by atoms with Crippen molar-refractivity contribution in [3.05, 3.63) is 58.4 Å². The van der Waals surface area contributed by atoms with Crippen LogP contribution in [0.25, 0.3) is 11.5 Å². The van der Waals surface area contributed by atoms with E-state index in [-0.39, 0.29) is 27.3 Å². The van der Waals surface area contributed by atoms with Crippen LogP contribution in [0.2, 0.25) is 5.02 Å². The fraction of sp³-hybridized carbons (Fsp3) is 0.348. The zero-order chi connectivity index (χ0) is 24.3. The van der Waals surface area contributed by atoms with E-state index >= 15 is 0 Å². The van der Waals surface area contributed by atoms with Gasteiger partial charge in [0.1, 0.15) is 0 Å². The van der Waals surface area contributed by atoms with Gasteiger partial charge in [-0.05, 0) is 36.8 Å². The number of hydrogen-bond acceptors (Lipinski definition) is 6. The SMILES string of the molecule is CCN(CC)S(=O)(=O)c1ccc(Cl)c(C(=O)Nc2c(C)cccc2-c2nc(C(C)C)no2)c1. The minimum atomic E-state index is -3.75. The number of hydrogen-bond donors (Lipinski definition) is 1. The van der Waals surface area contributed by atoms with Gasteiger partial charge in [0.15, 0.2) is 5.82 Å². The fourth-order valence-electron chi connectivity index (χ4n) is 3.32. The Morgan fingerprint density at radius 3 is 2.48 bits per heavy atom. The highest BCUT2D eigenvalue weighted by Gasteiger charge is 2.25.